The average molecular weight is 416 g/mol. The molecule has 0 aromatic heterocycles. The Morgan fingerprint density at radius 1 is 1.07 bits per heavy atom. The minimum absolute atomic E-state index is 0.0311. The molecule has 1 fully saturated rings. The van der Waals surface area contributed by atoms with Gasteiger partial charge in [0.25, 0.3) is 0 Å². The summed E-state index contributed by atoms with van der Waals surface area (Å²) in [6.07, 6.45) is 0. The molecule has 2 aromatic carbocycles. The molecule has 1 N–H and O–H groups in total. The quantitative estimate of drug-likeness (QED) is 0.813. The summed E-state index contributed by atoms with van der Waals surface area (Å²) < 4.78 is 11.2. The number of nitrogens with zero attached hydrogens (tertiary/aromatic N) is 2. The first-order valence-corrected chi connectivity index (χ1v) is 10.4. The van der Waals surface area contributed by atoms with Crippen molar-refractivity contribution < 1.29 is 14.3 Å². The van der Waals surface area contributed by atoms with Crippen molar-refractivity contribution in [2.45, 2.75) is 13.0 Å². The molecule has 4 rings (SSSR count). The maximum absolute atomic E-state index is 12.5. The maximum atomic E-state index is 12.5. The molecule has 2 aliphatic heterocycles. The summed E-state index contributed by atoms with van der Waals surface area (Å²) in [5.41, 5.74) is 2.14. The normalized spacial score (nSPS) is 17.7. The van der Waals surface area contributed by atoms with Crippen LogP contribution in [0.15, 0.2) is 42.5 Å². The van der Waals surface area contributed by atoms with E-state index in [1.54, 1.807) is 0 Å². The molecule has 29 heavy (non-hydrogen) atoms. The van der Waals surface area contributed by atoms with Gasteiger partial charge in [-0.15, -0.1) is 0 Å². The summed E-state index contributed by atoms with van der Waals surface area (Å²) in [6, 6.07) is 13.6. The molecule has 2 aromatic rings. The summed E-state index contributed by atoms with van der Waals surface area (Å²) in [7, 11) is 0. The summed E-state index contributed by atoms with van der Waals surface area (Å²) in [5.74, 6) is 1.53. The highest BCUT2D eigenvalue weighted by molar-refractivity contribution is 6.30. The Balaban J connectivity index is 1.27. The molecule has 2 heterocycles. The highest BCUT2D eigenvalue weighted by atomic mass is 35.5. The highest BCUT2D eigenvalue weighted by Gasteiger charge is 2.21. The third-order valence-electron chi connectivity index (χ3n) is 5.36. The number of ether oxygens (including phenoxy) is 2. The van der Waals surface area contributed by atoms with E-state index in [1.165, 1.54) is 0 Å². The molecule has 0 radical (unpaired) electrons. The van der Waals surface area contributed by atoms with E-state index in [1.807, 2.05) is 43.3 Å². The third kappa shape index (κ3) is 4.95. The molecule has 0 bridgehead atoms. The van der Waals surface area contributed by atoms with Gasteiger partial charge in [-0.3, -0.25) is 9.69 Å². The van der Waals surface area contributed by atoms with Gasteiger partial charge in [-0.25, -0.2) is 0 Å². The van der Waals surface area contributed by atoms with E-state index in [0.29, 0.717) is 19.8 Å². The number of piperazine rings is 1. The Bertz CT molecular complexity index is 868. The molecule has 1 atom stereocenters. The Morgan fingerprint density at radius 3 is 2.59 bits per heavy atom. The topological polar surface area (TPSA) is 54.0 Å². The van der Waals surface area contributed by atoms with Crippen molar-refractivity contribution in [2.75, 3.05) is 50.8 Å². The Morgan fingerprint density at radius 2 is 1.83 bits per heavy atom. The van der Waals surface area contributed by atoms with Gasteiger partial charge in [0, 0.05) is 36.9 Å². The van der Waals surface area contributed by atoms with E-state index in [9.17, 15) is 4.79 Å². The smallest absolute Gasteiger partial charge is 0.234 e. The van der Waals surface area contributed by atoms with E-state index >= 15 is 0 Å². The van der Waals surface area contributed by atoms with E-state index in [4.69, 9.17) is 21.1 Å². The second-order valence-corrected chi connectivity index (χ2v) is 7.87. The summed E-state index contributed by atoms with van der Waals surface area (Å²) >= 11 is 6.09. The number of carbonyl (C=O) groups is 1. The van der Waals surface area contributed by atoms with Crippen molar-refractivity contribution in [3.8, 4) is 11.5 Å². The molecule has 1 amide bonds. The molecular weight excluding hydrogens is 390 g/mol. The lowest BCUT2D eigenvalue weighted by Gasteiger charge is -2.36. The molecule has 0 unspecified atom stereocenters. The van der Waals surface area contributed by atoms with Crippen LogP contribution in [0.4, 0.5) is 5.69 Å². The van der Waals surface area contributed by atoms with Gasteiger partial charge >= 0.3 is 0 Å². The molecule has 6 nitrogen and oxygen atoms in total. The molecule has 0 spiro atoms. The van der Waals surface area contributed by atoms with Gasteiger partial charge in [0.05, 0.1) is 12.6 Å². The molecule has 0 saturated carbocycles. The van der Waals surface area contributed by atoms with Crippen molar-refractivity contribution in [3.63, 3.8) is 0 Å². The zero-order valence-corrected chi connectivity index (χ0v) is 17.3. The average Bonchev–Trinajstić information content (AvgIpc) is 2.74. The molecule has 154 valence electrons. The number of rotatable bonds is 5. The van der Waals surface area contributed by atoms with E-state index in [-0.39, 0.29) is 11.9 Å². The van der Waals surface area contributed by atoms with Crippen LogP contribution in [0.5, 0.6) is 11.5 Å². The monoisotopic (exact) mass is 415 g/mol. The van der Waals surface area contributed by atoms with Gasteiger partial charge < -0.3 is 19.7 Å². The Labute approximate surface area is 176 Å². The van der Waals surface area contributed by atoms with E-state index in [2.05, 4.69) is 21.2 Å². The van der Waals surface area contributed by atoms with Crippen LogP contribution in [-0.4, -0.2) is 56.7 Å². The molecule has 2 aliphatic rings. The first-order chi connectivity index (χ1) is 14.1. The van der Waals surface area contributed by atoms with Crippen LogP contribution in [0.3, 0.4) is 0 Å². The van der Waals surface area contributed by atoms with Gasteiger partial charge in [0.15, 0.2) is 11.5 Å². The first kappa shape index (κ1) is 19.9. The lowest BCUT2D eigenvalue weighted by Crippen LogP contribution is -2.49. The van der Waals surface area contributed by atoms with Crippen LogP contribution in [0.1, 0.15) is 18.5 Å². The predicted octanol–water partition coefficient (Wildman–Crippen LogP) is 3.11. The molecular formula is C22H26ClN3O3. The fourth-order valence-electron chi connectivity index (χ4n) is 3.74. The first-order valence-electron chi connectivity index (χ1n) is 10.0. The molecule has 7 heteroatoms. The number of nitrogens with one attached hydrogen (secondary N) is 1. The Hall–Kier alpha value is -2.44. The number of carbonyl (C=O) groups excluding carboxylic acids is 1. The van der Waals surface area contributed by atoms with Crippen molar-refractivity contribution in [1.82, 2.24) is 10.2 Å². The number of halogens is 1. The number of hydrogen-bond acceptors (Lipinski definition) is 5. The van der Waals surface area contributed by atoms with Crippen LogP contribution in [0.25, 0.3) is 0 Å². The second-order valence-electron chi connectivity index (χ2n) is 7.44. The Kier molecular flexibility index (Phi) is 6.11. The fourth-order valence-corrected chi connectivity index (χ4v) is 3.92. The minimum Gasteiger partial charge on any atom is -0.486 e. The van der Waals surface area contributed by atoms with Crippen LogP contribution >= 0.6 is 11.6 Å². The van der Waals surface area contributed by atoms with Crippen molar-refractivity contribution >= 4 is 23.2 Å². The number of fused-ring (bicyclic) bond motifs is 1. The summed E-state index contributed by atoms with van der Waals surface area (Å²) in [4.78, 5) is 17.0. The number of anilines is 1. The van der Waals surface area contributed by atoms with Gasteiger partial charge in [-0.05, 0) is 42.8 Å². The third-order valence-corrected chi connectivity index (χ3v) is 5.59. The molecule has 1 saturated heterocycles. The largest absolute Gasteiger partial charge is 0.486 e. The van der Waals surface area contributed by atoms with Crippen molar-refractivity contribution in [3.05, 3.63) is 53.1 Å². The predicted molar refractivity (Wildman–Crippen MR) is 114 cm³/mol. The summed E-state index contributed by atoms with van der Waals surface area (Å²) in [6.45, 7) is 6.97. The van der Waals surface area contributed by atoms with Gasteiger partial charge in [0.2, 0.25) is 5.91 Å². The van der Waals surface area contributed by atoms with Crippen LogP contribution < -0.4 is 19.7 Å². The maximum Gasteiger partial charge on any atom is 0.234 e. The number of amides is 1. The van der Waals surface area contributed by atoms with Crippen molar-refractivity contribution in [1.29, 1.82) is 0 Å². The van der Waals surface area contributed by atoms with E-state index in [0.717, 1.165) is 54.0 Å². The zero-order valence-electron chi connectivity index (χ0n) is 16.6. The van der Waals surface area contributed by atoms with Crippen LogP contribution in [0.2, 0.25) is 5.02 Å². The summed E-state index contributed by atoms with van der Waals surface area (Å²) in [5, 5.41) is 3.84. The van der Waals surface area contributed by atoms with Crippen LogP contribution in [0, 0.1) is 0 Å². The number of hydrogen-bond donors (Lipinski definition) is 1. The van der Waals surface area contributed by atoms with Gasteiger partial charge in [-0.2, -0.15) is 0 Å². The highest BCUT2D eigenvalue weighted by Crippen LogP contribution is 2.32. The van der Waals surface area contributed by atoms with Gasteiger partial charge in [0.1, 0.15) is 13.2 Å². The second kappa shape index (κ2) is 8.93. The van der Waals surface area contributed by atoms with Crippen LogP contribution in [-0.2, 0) is 4.79 Å². The molecule has 0 aliphatic carbocycles. The lowest BCUT2D eigenvalue weighted by molar-refractivity contribution is -0.123. The number of benzene rings is 2. The van der Waals surface area contributed by atoms with Crippen molar-refractivity contribution in [2.24, 2.45) is 0 Å². The minimum atomic E-state index is -0.0916. The standard InChI is InChI=1S/C22H26ClN3O3/c1-16(17-5-6-20-21(13-17)29-12-11-28-20)24-22(27)15-25-7-9-26(10-8-25)19-4-2-3-18(23)14-19/h2-6,13-14,16H,7-12,15H2,1H3,(H,24,27)/t16-/m1/s1. The fraction of sp³-hybridized carbons (Fsp3) is 0.409. The SMILES string of the molecule is C[C@@H](NC(=O)CN1CCN(c2cccc(Cl)c2)CC1)c1ccc2c(c1)OCCO2. The van der Waals surface area contributed by atoms with E-state index < -0.39 is 0 Å². The lowest BCUT2D eigenvalue weighted by atomic mass is 10.1. The van der Waals surface area contributed by atoms with Gasteiger partial charge in [-0.1, -0.05) is 23.7 Å². The zero-order chi connectivity index (χ0) is 20.2.